The van der Waals surface area contributed by atoms with Crippen LogP contribution >= 0.6 is 22.9 Å². The van der Waals surface area contributed by atoms with Gasteiger partial charge in [-0.05, 0) is 24.1 Å². The minimum absolute atomic E-state index is 0.351. The SMILES string of the molecule is CC(C)c1cc2c(NCc3ccco3)nc(N3CCN(I)CC3)nc2cn1. The molecule has 1 aliphatic rings. The van der Waals surface area contributed by atoms with E-state index in [1.165, 1.54) is 0 Å². The van der Waals surface area contributed by atoms with Crippen molar-refractivity contribution in [3.63, 3.8) is 0 Å². The quantitative estimate of drug-likeness (QED) is 0.442. The highest BCUT2D eigenvalue weighted by molar-refractivity contribution is 14.1. The number of hydrogen-bond acceptors (Lipinski definition) is 7. The smallest absolute Gasteiger partial charge is 0.228 e. The highest BCUT2D eigenvalue weighted by atomic mass is 127. The van der Waals surface area contributed by atoms with E-state index in [-0.39, 0.29) is 0 Å². The Bertz CT molecular complexity index is 906. The second-order valence-corrected chi connectivity index (χ2v) is 8.35. The van der Waals surface area contributed by atoms with Crippen LogP contribution in [-0.4, -0.2) is 44.2 Å². The van der Waals surface area contributed by atoms with Crippen LogP contribution in [0.1, 0.15) is 31.2 Å². The Morgan fingerprint density at radius 3 is 2.74 bits per heavy atom. The lowest BCUT2D eigenvalue weighted by Crippen LogP contribution is -2.43. The van der Waals surface area contributed by atoms with Crippen molar-refractivity contribution in [3.8, 4) is 0 Å². The van der Waals surface area contributed by atoms with Crippen LogP contribution in [0.5, 0.6) is 0 Å². The van der Waals surface area contributed by atoms with Crippen LogP contribution in [0.2, 0.25) is 0 Å². The number of aromatic nitrogens is 3. The summed E-state index contributed by atoms with van der Waals surface area (Å²) < 4.78 is 7.75. The molecule has 4 heterocycles. The molecule has 0 aromatic carbocycles. The fourth-order valence-corrected chi connectivity index (χ4v) is 3.53. The van der Waals surface area contributed by atoms with E-state index in [0.717, 1.165) is 60.3 Å². The summed E-state index contributed by atoms with van der Waals surface area (Å²) in [6.45, 7) is 8.71. The summed E-state index contributed by atoms with van der Waals surface area (Å²) >= 11 is 2.37. The summed E-state index contributed by atoms with van der Waals surface area (Å²) in [7, 11) is 0. The number of halogens is 1. The van der Waals surface area contributed by atoms with Crippen molar-refractivity contribution < 1.29 is 4.42 Å². The van der Waals surface area contributed by atoms with Crippen molar-refractivity contribution in [3.05, 3.63) is 42.1 Å². The van der Waals surface area contributed by atoms with Crippen molar-refractivity contribution >= 4 is 45.5 Å². The Morgan fingerprint density at radius 1 is 1.22 bits per heavy atom. The molecule has 0 spiro atoms. The van der Waals surface area contributed by atoms with Gasteiger partial charge in [-0.3, -0.25) is 4.98 Å². The fourth-order valence-electron chi connectivity index (χ4n) is 3.09. The minimum Gasteiger partial charge on any atom is -0.467 e. The van der Waals surface area contributed by atoms with Gasteiger partial charge in [-0.15, -0.1) is 0 Å². The van der Waals surface area contributed by atoms with Gasteiger partial charge in [0.2, 0.25) is 5.95 Å². The number of piperazine rings is 1. The third-order valence-electron chi connectivity index (χ3n) is 4.70. The Balaban J connectivity index is 1.71. The maximum absolute atomic E-state index is 5.45. The Morgan fingerprint density at radius 2 is 2.04 bits per heavy atom. The van der Waals surface area contributed by atoms with E-state index >= 15 is 0 Å². The molecule has 8 heteroatoms. The first-order valence-corrected chi connectivity index (χ1v) is 10.2. The van der Waals surface area contributed by atoms with Crippen LogP contribution in [0.25, 0.3) is 10.9 Å². The fraction of sp³-hybridized carbons (Fsp3) is 0.421. The molecule has 27 heavy (non-hydrogen) atoms. The summed E-state index contributed by atoms with van der Waals surface area (Å²) in [5, 5.41) is 4.43. The molecular weight excluding hydrogens is 455 g/mol. The van der Waals surface area contributed by atoms with Crippen LogP contribution < -0.4 is 10.2 Å². The first-order valence-electron chi connectivity index (χ1n) is 9.20. The zero-order valence-electron chi connectivity index (χ0n) is 15.5. The molecular formula is C19H23IN6O. The molecule has 3 aromatic heterocycles. The first-order chi connectivity index (χ1) is 13.1. The van der Waals surface area contributed by atoms with E-state index in [1.807, 2.05) is 18.3 Å². The van der Waals surface area contributed by atoms with Gasteiger partial charge in [0.15, 0.2) is 0 Å². The molecule has 0 saturated carbocycles. The standard InChI is InChI=1S/C19H23IN6O/c1-13(2)16-10-15-17(12-21-16)23-19(25-5-7-26(20)8-6-25)24-18(15)22-11-14-4-3-9-27-14/h3-4,9-10,12-13H,5-8,11H2,1-2H3,(H,22,23,24). The zero-order chi connectivity index (χ0) is 18.8. The summed E-state index contributed by atoms with van der Waals surface area (Å²) in [4.78, 5) is 16.5. The lowest BCUT2D eigenvalue weighted by Gasteiger charge is -2.31. The molecule has 0 unspecified atom stereocenters. The monoisotopic (exact) mass is 478 g/mol. The van der Waals surface area contributed by atoms with Crippen LogP contribution in [0.4, 0.5) is 11.8 Å². The van der Waals surface area contributed by atoms with Gasteiger partial charge in [-0.1, -0.05) is 13.8 Å². The number of pyridine rings is 1. The van der Waals surface area contributed by atoms with Gasteiger partial charge in [0.1, 0.15) is 11.6 Å². The Hall–Kier alpha value is -1.94. The van der Waals surface area contributed by atoms with E-state index in [0.29, 0.717) is 12.5 Å². The molecule has 0 radical (unpaired) electrons. The number of fused-ring (bicyclic) bond motifs is 1. The van der Waals surface area contributed by atoms with E-state index in [9.17, 15) is 0 Å². The second kappa shape index (κ2) is 7.97. The summed E-state index contributed by atoms with van der Waals surface area (Å²) in [6, 6.07) is 5.94. The molecule has 1 fully saturated rings. The number of hydrogen-bond donors (Lipinski definition) is 1. The lowest BCUT2D eigenvalue weighted by atomic mass is 10.1. The Kier molecular flexibility index (Phi) is 5.44. The van der Waals surface area contributed by atoms with Gasteiger partial charge in [-0.25, -0.2) is 8.10 Å². The largest absolute Gasteiger partial charge is 0.467 e. The van der Waals surface area contributed by atoms with E-state index in [1.54, 1.807) is 6.26 Å². The average Bonchev–Trinajstić information content (AvgIpc) is 3.19. The van der Waals surface area contributed by atoms with E-state index < -0.39 is 0 Å². The molecule has 0 aliphatic carbocycles. The summed E-state index contributed by atoms with van der Waals surface area (Å²) in [5.74, 6) is 2.81. The van der Waals surface area contributed by atoms with Gasteiger partial charge in [0.25, 0.3) is 0 Å². The second-order valence-electron chi connectivity index (χ2n) is 6.98. The van der Waals surface area contributed by atoms with Crippen molar-refractivity contribution in [1.82, 2.24) is 18.1 Å². The summed E-state index contributed by atoms with van der Waals surface area (Å²) in [6.07, 6.45) is 3.55. The predicted octanol–water partition coefficient (Wildman–Crippen LogP) is 3.83. The molecule has 0 amide bonds. The van der Waals surface area contributed by atoms with Crippen LogP contribution in [0.15, 0.2) is 35.1 Å². The third-order valence-corrected chi connectivity index (χ3v) is 5.67. The van der Waals surface area contributed by atoms with Gasteiger partial charge < -0.3 is 14.6 Å². The van der Waals surface area contributed by atoms with Crippen LogP contribution in [-0.2, 0) is 6.54 Å². The molecule has 4 rings (SSSR count). The number of nitrogens with zero attached hydrogens (tertiary/aromatic N) is 5. The highest BCUT2D eigenvalue weighted by Gasteiger charge is 2.20. The molecule has 0 bridgehead atoms. The molecule has 1 aliphatic heterocycles. The van der Waals surface area contributed by atoms with Gasteiger partial charge >= 0.3 is 0 Å². The van der Waals surface area contributed by atoms with E-state index in [2.05, 4.69) is 61.1 Å². The van der Waals surface area contributed by atoms with Crippen molar-refractivity contribution in [2.24, 2.45) is 0 Å². The highest BCUT2D eigenvalue weighted by Crippen LogP contribution is 2.27. The minimum atomic E-state index is 0.351. The normalized spacial score (nSPS) is 15.6. The molecule has 1 saturated heterocycles. The topological polar surface area (TPSA) is 70.3 Å². The number of furan rings is 1. The average molecular weight is 478 g/mol. The summed E-state index contributed by atoms with van der Waals surface area (Å²) in [5.41, 5.74) is 1.90. The van der Waals surface area contributed by atoms with Crippen LogP contribution in [0, 0.1) is 0 Å². The first kappa shape index (κ1) is 18.4. The molecule has 1 N–H and O–H groups in total. The number of anilines is 2. The zero-order valence-corrected chi connectivity index (χ0v) is 17.7. The van der Waals surface area contributed by atoms with Crippen molar-refractivity contribution in [2.75, 3.05) is 36.4 Å². The molecule has 0 atom stereocenters. The third kappa shape index (κ3) is 4.16. The predicted molar refractivity (Wildman–Crippen MR) is 115 cm³/mol. The van der Waals surface area contributed by atoms with Crippen molar-refractivity contribution in [1.29, 1.82) is 0 Å². The maximum Gasteiger partial charge on any atom is 0.228 e. The van der Waals surface area contributed by atoms with Gasteiger partial charge in [-0.2, -0.15) is 4.98 Å². The number of nitrogens with one attached hydrogen (secondary N) is 1. The molecule has 3 aromatic rings. The number of rotatable bonds is 5. The van der Waals surface area contributed by atoms with Gasteiger partial charge in [0.05, 0.1) is 24.5 Å². The molecule has 142 valence electrons. The van der Waals surface area contributed by atoms with Gasteiger partial charge in [0, 0.05) is 60.1 Å². The molecule has 7 nitrogen and oxygen atoms in total. The lowest BCUT2D eigenvalue weighted by molar-refractivity contribution is 0.456. The van der Waals surface area contributed by atoms with E-state index in [4.69, 9.17) is 14.4 Å². The maximum atomic E-state index is 5.45. The Labute approximate surface area is 172 Å². The van der Waals surface area contributed by atoms with Crippen molar-refractivity contribution in [2.45, 2.75) is 26.3 Å². The van der Waals surface area contributed by atoms with Crippen LogP contribution in [0.3, 0.4) is 0 Å².